The molecule has 2 heteroatoms. The molecule has 0 aliphatic rings. The summed E-state index contributed by atoms with van der Waals surface area (Å²) in [6, 6.07) is 6.02. The summed E-state index contributed by atoms with van der Waals surface area (Å²) < 4.78 is 0. The predicted molar refractivity (Wildman–Crippen MR) is 72.7 cm³/mol. The molecule has 0 bridgehead atoms. The van der Waals surface area contributed by atoms with Gasteiger partial charge in [-0.2, -0.15) is 0 Å². The van der Waals surface area contributed by atoms with Crippen molar-refractivity contribution >= 4 is 5.78 Å². The standard InChI is InChI=1S/C15H23NO/c1-5-6-9-16(4)11-15(17)14-8-7-12(2)10-13(14)3/h7-8,10H,5-6,9,11H2,1-4H3. The van der Waals surface area contributed by atoms with Crippen molar-refractivity contribution in [1.82, 2.24) is 4.90 Å². The van der Waals surface area contributed by atoms with Crippen molar-refractivity contribution in [3.8, 4) is 0 Å². The van der Waals surface area contributed by atoms with Crippen molar-refractivity contribution in [3.63, 3.8) is 0 Å². The van der Waals surface area contributed by atoms with E-state index in [0.29, 0.717) is 6.54 Å². The van der Waals surface area contributed by atoms with Gasteiger partial charge >= 0.3 is 0 Å². The topological polar surface area (TPSA) is 20.3 Å². The molecule has 0 amide bonds. The Morgan fingerprint density at radius 2 is 2.00 bits per heavy atom. The molecule has 0 fully saturated rings. The Labute approximate surface area is 105 Å². The number of aryl methyl sites for hydroxylation is 2. The molecule has 0 unspecified atom stereocenters. The quantitative estimate of drug-likeness (QED) is 0.703. The lowest BCUT2D eigenvalue weighted by Gasteiger charge is -2.16. The molecule has 1 aromatic carbocycles. The van der Waals surface area contributed by atoms with Crippen LogP contribution in [0.4, 0.5) is 0 Å². The van der Waals surface area contributed by atoms with Crippen LogP contribution in [-0.2, 0) is 0 Å². The Morgan fingerprint density at radius 1 is 1.29 bits per heavy atom. The third kappa shape index (κ3) is 4.31. The fourth-order valence-electron chi connectivity index (χ4n) is 1.96. The van der Waals surface area contributed by atoms with Gasteiger partial charge in [-0.15, -0.1) is 0 Å². The van der Waals surface area contributed by atoms with E-state index in [1.165, 1.54) is 12.0 Å². The fraction of sp³-hybridized carbons (Fsp3) is 0.533. The molecule has 0 aliphatic carbocycles. The van der Waals surface area contributed by atoms with Gasteiger partial charge in [-0.05, 0) is 39.4 Å². The lowest BCUT2D eigenvalue weighted by atomic mass is 10.0. The lowest BCUT2D eigenvalue weighted by Crippen LogP contribution is -2.27. The van der Waals surface area contributed by atoms with E-state index in [2.05, 4.69) is 24.8 Å². The summed E-state index contributed by atoms with van der Waals surface area (Å²) in [5.41, 5.74) is 3.15. The average molecular weight is 233 g/mol. The summed E-state index contributed by atoms with van der Waals surface area (Å²) in [6.07, 6.45) is 2.32. The first-order chi connectivity index (χ1) is 8.04. The Bertz CT molecular complexity index is 385. The van der Waals surface area contributed by atoms with Crippen LogP contribution < -0.4 is 0 Å². The number of likely N-dealkylation sites (N-methyl/N-ethyl adjacent to an activating group) is 1. The van der Waals surface area contributed by atoms with Crippen LogP contribution in [0.25, 0.3) is 0 Å². The average Bonchev–Trinajstić information content (AvgIpc) is 2.26. The second kappa shape index (κ2) is 6.55. The zero-order valence-corrected chi connectivity index (χ0v) is 11.4. The number of benzene rings is 1. The van der Waals surface area contributed by atoms with Crippen molar-refractivity contribution in [1.29, 1.82) is 0 Å². The minimum Gasteiger partial charge on any atom is -0.299 e. The van der Waals surface area contributed by atoms with Crippen LogP contribution in [0.1, 0.15) is 41.3 Å². The number of hydrogen-bond donors (Lipinski definition) is 0. The molecule has 0 radical (unpaired) electrons. The lowest BCUT2D eigenvalue weighted by molar-refractivity contribution is 0.0945. The number of carbonyl (C=O) groups excluding carboxylic acids is 1. The molecule has 0 N–H and O–H groups in total. The smallest absolute Gasteiger partial charge is 0.177 e. The molecular weight excluding hydrogens is 210 g/mol. The SMILES string of the molecule is CCCCN(C)CC(=O)c1ccc(C)cc1C. The highest BCUT2D eigenvalue weighted by Gasteiger charge is 2.11. The van der Waals surface area contributed by atoms with Gasteiger partial charge in [0.05, 0.1) is 6.54 Å². The molecule has 94 valence electrons. The summed E-state index contributed by atoms with van der Waals surface area (Å²) in [6.45, 7) is 7.73. The summed E-state index contributed by atoms with van der Waals surface area (Å²) >= 11 is 0. The second-order valence-corrected chi connectivity index (χ2v) is 4.83. The van der Waals surface area contributed by atoms with Crippen LogP contribution in [0.15, 0.2) is 18.2 Å². The monoisotopic (exact) mass is 233 g/mol. The van der Waals surface area contributed by atoms with Crippen LogP contribution >= 0.6 is 0 Å². The van der Waals surface area contributed by atoms with E-state index in [1.807, 2.05) is 26.1 Å². The molecule has 0 heterocycles. The van der Waals surface area contributed by atoms with Crippen LogP contribution in [0.2, 0.25) is 0 Å². The molecule has 17 heavy (non-hydrogen) atoms. The van der Waals surface area contributed by atoms with Crippen LogP contribution in [0, 0.1) is 13.8 Å². The predicted octanol–water partition coefficient (Wildman–Crippen LogP) is 3.22. The fourth-order valence-corrected chi connectivity index (χ4v) is 1.96. The Balaban J connectivity index is 2.63. The first-order valence-electron chi connectivity index (χ1n) is 6.33. The van der Waals surface area contributed by atoms with E-state index in [4.69, 9.17) is 0 Å². The van der Waals surface area contributed by atoms with Gasteiger partial charge in [-0.3, -0.25) is 9.69 Å². The van der Waals surface area contributed by atoms with Crippen molar-refractivity contribution < 1.29 is 4.79 Å². The zero-order valence-electron chi connectivity index (χ0n) is 11.4. The van der Waals surface area contributed by atoms with Gasteiger partial charge in [0.2, 0.25) is 0 Å². The van der Waals surface area contributed by atoms with Crippen LogP contribution in [0.3, 0.4) is 0 Å². The maximum absolute atomic E-state index is 12.1. The van der Waals surface area contributed by atoms with E-state index < -0.39 is 0 Å². The van der Waals surface area contributed by atoms with E-state index in [1.54, 1.807) is 0 Å². The maximum atomic E-state index is 12.1. The molecule has 0 aliphatic heterocycles. The molecule has 2 nitrogen and oxygen atoms in total. The normalized spacial score (nSPS) is 10.9. The van der Waals surface area contributed by atoms with Crippen molar-refractivity contribution in [2.24, 2.45) is 0 Å². The number of nitrogens with zero attached hydrogens (tertiary/aromatic N) is 1. The van der Waals surface area contributed by atoms with Crippen LogP contribution in [-0.4, -0.2) is 30.8 Å². The number of unbranched alkanes of at least 4 members (excludes halogenated alkanes) is 1. The zero-order chi connectivity index (χ0) is 12.8. The van der Waals surface area contributed by atoms with E-state index in [9.17, 15) is 4.79 Å². The van der Waals surface area contributed by atoms with Gasteiger partial charge in [-0.25, -0.2) is 0 Å². The summed E-state index contributed by atoms with van der Waals surface area (Å²) in [4.78, 5) is 14.2. The molecule has 0 aromatic heterocycles. The third-order valence-electron chi connectivity index (χ3n) is 2.99. The van der Waals surface area contributed by atoms with Crippen molar-refractivity contribution in [2.75, 3.05) is 20.1 Å². The van der Waals surface area contributed by atoms with E-state index in [0.717, 1.165) is 24.1 Å². The molecule has 0 saturated heterocycles. The maximum Gasteiger partial charge on any atom is 0.177 e. The first-order valence-corrected chi connectivity index (χ1v) is 6.33. The highest BCUT2D eigenvalue weighted by molar-refractivity contribution is 5.98. The van der Waals surface area contributed by atoms with Crippen LogP contribution in [0.5, 0.6) is 0 Å². The third-order valence-corrected chi connectivity index (χ3v) is 2.99. The minimum atomic E-state index is 0.223. The molecule has 1 rings (SSSR count). The Kier molecular flexibility index (Phi) is 5.36. The van der Waals surface area contributed by atoms with Gasteiger partial charge in [0.15, 0.2) is 5.78 Å². The highest BCUT2D eigenvalue weighted by atomic mass is 16.1. The van der Waals surface area contributed by atoms with Gasteiger partial charge in [-0.1, -0.05) is 37.1 Å². The number of Topliss-reactive ketones (excluding diaryl/α,β-unsaturated/α-hetero) is 1. The van der Waals surface area contributed by atoms with E-state index in [-0.39, 0.29) is 5.78 Å². The number of carbonyl (C=O) groups is 1. The second-order valence-electron chi connectivity index (χ2n) is 4.83. The molecule has 0 atom stereocenters. The number of ketones is 1. The summed E-state index contributed by atoms with van der Waals surface area (Å²) in [5.74, 6) is 0.223. The summed E-state index contributed by atoms with van der Waals surface area (Å²) in [7, 11) is 2.01. The number of rotatable bonds is 6. The largest absolute Gasteiger partial charge is 0.299 e. The highest BCUT2D eigenvalue weighted by Crippen LogP contribution is 2.11. The molecule has 1 aromatic rings. The van der Waals surface area contributed by atoms with Gasteiger partial charge in [0, 0.05) is 5.56 Å². The first kappa shape index (κ1) is 13.9. The molecule has 0 spiro atoms. The van der Waals surface area contributed by atoms with Gasteiger partial charge in [0.1, 0.15) is 0 Å². The van der Waals surface area contributed by atoms with E-state index >= 15 is 0 Å². The molecule has 0 saturated carbocycles. The Hall–Kier alpha value is -1.15. The number of hydrogen-bond acceptors (Lipinski definition) is 2. The minimum absolute atomic E-state index is 0.223. The molecular formula is C15H23NO. The Morgan fingerprint density at radius 3 is 2.59 bits per heavy atom. The van der Waals surface area contributed by atoms with Gasteiger partial charge in [0.25, 0.3) is 0 Å². The summed E-state index contributed by atoms with van der Waals surface area (Å²) in [5, 5.41) is 0. The van der Waals surface area contributed by atoms with Crippen molar-refractivity contribution in [2.45, 2.75) is 33.6 Å². The van der Waals surface area contributed by atoms with Crippen molar-refractivity contribution in [3.05, 3.63) is 34.9 Å². The van der Waals surface area contributed by atoms with Gasteiger partial charge < -0.3 is 0 Å².